The third kappa shape index (κ3) is 4.39. The van der Waals surface area contributed by atoms with Gasteiger partial charge < -0.3 is 4.90 Å². The minimum Gasteiger partial charge on any atom is -0.340 e. The van der Waals surface area contributed by atoms with Gasteiger partial charge in [-0.1, -0.05) is 31.2 Å². The van der Waals surface area contributed by atoms with Crippen molar-refractivity contribution < 1.29 is 13.2 Å². The van der Waals surface area contributed by atoms with E-state index in [0.29, 0.717) is 24.5 Å². The molecule has 0 atom stereocenters. The number of carbonyl (C=O) groups excluding carboxylic acids is 1. The Hall–Kier alpha value is -2.19. The summed E-state index contributed by atoms with van der Waals surface area (Å²) in [5, 5.41) is 4.30. The van der Waals surface area contributed by atoms with Gasteiger partial charge in [0.05, 0.1) is 11.4 Å². The summed E-state index contributed by atoms with van der Waals surface area (Å²) < 4.78 is 28.1. The third-order valence-electron chi connectivity index (χ3n) is 4.81. The van der Waals surface area contributed by atoms with Crippen molar-refractivity contribution in [2.45, 2.75) is 45.7 Å². The fourth-order valence-electron chi connectivity index (χ4n) is 2.91. The summed E-state index contributed by atoms with van der Waals surface area (Å²) in [7, 11) is -0.341. The molecule has 27 heavy (non-hydrogen) atoms. The smallest absolute Gasteiger partial charge is 0.246 e. The molecule has 0 N–H and O–H groups in total. The Labute approximate surface area is 161 Å². The molecule has 2 rings (SSSR count). The second-order valence-corrected chi connectivity index (χ2v) is 8.73. The largest absolute Gasteiger partial charge is 0.340 e. The summed E-state index contributed by atoms with van der Waals surface area (Å²) in [6, 6.07) is 7.92. The summed E-state index contributed by atoms with van der Waals surface area (Å²) in [5.41, 5.74) is 3.08. The lowest BCUT2D eigenvalue weighted by Crippen LogP contribution is -2.31. The molecule has 0 spiro atoms. The predicted molar refractivity (Wildman–Crippen MR) is 105 cm³/mol. The number of hydrogen-bond acceptors (Lipinski definition) is 4. The number of rotatable bonds is 7. The molecule has 2 aromatic rings. The summed E-state index contributed by atoms with van der Waals surface area (Å²) >= 11 is 0. The Morgan fingerprint density at radius 3 is 2.37 bits per heavy atom. The van der Waals surface area contributed by atoms with Gasteiger partial charge in [0.1, 0.15) is 11.4 Å². The van der Waals surface area contributed by atoms with Crippen LogP contribution in [0.3, 0.4) is 0 Å². The van der Waals surface area contributed by atoms with Crippen LogP contribution < -0.4 is 0 Å². The van der Waals surface area contributed by atoms with Crippen LogP contribution in [0.5, 0.6) is 0 Å². The van der Waals surface area contributed by atoms with Crippen LogP contribution in [-0.4, -0.2) is 54.0 Å². The highest BCUT2D eigenvalue weighted by Gasteiger charge is 2.28. The number of hydrogen-bond donors (Lipinski definition) is 0. The van der Waals surface area contributed by atoms with Crippen LogP contribution in [0.15, 0.2) is 29.2 Å². The Morgan fingerprint density at radius 2 is 1.78 bits per heavy atom. The second kappa shape index (κ2) is 8.22. The van der Waals surface area contributed by atoms with Gasteiger partial charge in [0.25, 0.3) is 0 Å². The first-order valence-electron chi connectivity index (χ1n) is 8.88. The van der Waals surface area contributed by atoms with E-state index in [-0.39, 0.29) is 17.3 Å². The minimum absolute atomic E-state index is 0.000411. The Bertz CT molecular complexity index is 934. The van der Waals surface area contributed by atoms with Crippen molar-refractivity contribution >= 4 is 15.9 Å². The van der Waals surface area contributed by atoms with Crippen molar-refractivity contribution in [3.05, 3.63) is 46.8 Å². The van der Waals surface area contributed by atoms with E-state index in [1.807, 2.05) is 31.2 Å². The van der Waals surface area contributed by atoms with Crippen molar-refractivity contribution in [2.24, 2.45) is 0 Å². The highest BCUT2D eigenvalue weighted by atomic mass is 32.2. The fraction of sp³-hybridized carbons (Fsp3) is 0.474. The molecule has 1 amide bonds. The number of aryl methyl sites for hydroxylation is 2. The van der Waals surface area contributed by atoms with Crippen molar-refractivity contribution in [3.8, 4) is 0 Å². The highest BCUT2D eigenvalue weighted by Crippen LogP contribution is 2.22. The number of likely N-dealkylation sites (N-methyl/N-ethyl adjacent to an activating group) is 1. The van der Waals surface area contributed by atoms with Crippen LogP contribution in [0.1, 0.15) is 29.4 Å². The first kappa shape index (κ1) is 21.1. The van der Waals surface area contributed by atoms with E-state index in [1.165, 1.54) is 16.0 Å². The Kier molecular flexibility index (Phi) is 6.43. The van der Waals surface area contributed by atoms with E-state index >= 15 is 0 Å². The summed E-state index contributed by atoms with van der Waals surface area (Å²) in [6.45, 7) is 7.98. The van der Waals surface area contributed by atoms with Gasteiger partial charge in [-0.15, -0.1) is 0 Å². The van der Waals surface area contributed by atoms with Crippen LogP contribution >= 0.6 is 0 Å². The van der Waals surface area contributed by atoms with Crippen LogP contribution in [0.2, 0.25) is 0 Å². The van der Waals surface area contributed by atoms with Crippen LogP contribution in [0.4, 0.5) is 0 Å². The van der Waals surface area contributed by atoms with E-state index in [2.05, 4.69) is 5.10 Å². The zero-order valence-corrected chi connectivity index (χ0v) is 17.7. The molecule has 0 aliphatic heterocycles. The molecular weight excluding hydrogens is 364 g/mol. The molecule has 0 unspecified atom stereocenters. The maximum atomic E-state index is 12.7. The zero-order chi connectivity index (χ0) is 20.4. The molecule has 1 heterocycles. The Balaban J connectivity index is 2.22. The number of nitrogens with zero attached hydrogens (tertiary/aromatic N) is 4. The fourth-order valence-corrected chi connectivity index (χ4v) is 4.46. The highest BCUT2D eigenvalue weighted by molar-refractivity contribution is 7.89. The molecule has 0 aliphatic carbocycles. The van der Waals surface area contributed by atoms with Gasteiger partial charge in [0.2, 0.25) is 15.9 Å². The van der Waals surface area contributed by atoms with Gasteiger partial charge >= 0.3 is 0 Å². The standard InChI is InChI=1S/C19H28N4O3S/c1-7-22(6)27(25,26)19-15(3)20-23(16(19)4)13-18(24)21(5)12-17-11-9-8-10-14(17)2/h8-11H,7,12-13H2,1-6H3. The normalized spacial score (nSPS) is 11.8. The lowest BCUT2D eigenvalue weighted by molar-refractivity contribution is -0.131. The lowest BCUT2D eigenvalue weighted by atomic mass is 10.1. The molecule has 0 saturated heterocycles. The molecule has 0 aliphatic rings. The van der Waals surface area contributed by atoms with Gasteiger partial charge in [0, 0.05) is 27.2 Å². The number of carbonyl (C=O) groups is 1. The van der Waals surface area contributed by atoms with Gasteiger partial charge in [-0.05, 0) is 31.9 Å². The van der Waals surface area contributed by atoms with E-state index in [9.17, 15) is 13.2 Å². The summed E-state index contributed by atoms with van der Waals surface area (Å²) in [5.74, 6) is -0.128. The van der Waals surface area contributed by atoms with Crippen molar-refractivity contribution in [1.82, 2.24) is 19.0 Å². The number of benzene rings is 1. The number of sulfonamides is 1. The average Bonchev–Trinajstić information content (AvgIpc) is 2.89. The molecule has 0 fully saturated rings. The molecule has 0 saturated carbocycles. The van der Waals surface area contributed by atoms with Gasteiger partial charge in [-0.3, -0.25) is 9.48 Å². The average molecular weight is 393 g/mol. The predicted octanol–water partition coefficient (Wildman–Crippen LogP) is 2.11. The number of amides is 1. The topological polar surface area (TPSA) is 75.5 Å². The van der Waals surface area contributed by atoms with E-state index < -0.39 is 10.0 Å². The van der Waals surface area contributed by atoms with Gasteiger partial charge in [-0.25, -0.2) is 12.7 Å². The van der Waals surface area contributed by atoms with E-state index in [1.54, 1.807) is 32.7 Å². The van der Waals surface area contributed by atoms with Gasteiger partial charge in [-0.2, -0.15) is 5.10 Å². The molecule has 148 valence electrons. The minimum atomic E-state index is -3.61. The first-order chi connectivity index (χ1) is 12.6. The Morgan fingerprint density at radius 1 is 1.15 bits per heavy atom. The quantitative estimate of drug-likeness (QED) is 0.723. The SMILES string of the molecule is CCN(C)S(=O)(=O)c1c(C)nn(CC(=O)N(C)Cc2ccccc2C)c1C. The maximum absolute atomic E-state index is 12.7. The van der Waals surface area contributed by atoms with Crippen molar-refractivity contribution in [2.75, 3.05) is 20.6 Å². The van der Waals surface area contributed by atoms with Crippen LogP contribution in [0, 0.1) is 20.8 Å². The molecular formula is C19H28N4O3S. The molecule has 8 heteroatoms. The van der Waals surface area contributed by atoms with Crippen LogP contribution in [-0.2, 0) is 27.9 Å². The van der Waals surface area contributed by atoms with E-state index in [4.69, 9.17) is 0 Å². The molecule has 0 bridgehead atoms. The van der Waals surface area contributed by atoms with E-state index in [0.717, 1.165) is 11.1 Å². The lowest BCUT2D eigenvalue weighted by Gasteiger charge is -2.19. The molecule has 1 aromatic carbocycles. The molecule has 1 aromatic heterocycles. The third-order valence-corrected chi connectivity index (χ3v) is 6.99. The molecule has 7 nitrogen and oxygen atoms in total. The molecule has 0 radical (unpaired) electrons. The number of aromatic nitrogens is 2. The van der Waals surface area contributed by atoms with Crippen molar-refractivity contribution in [3.63, 3.8) is 0 Å². The summed E-state index contributed by atoms with van der Waals surface area (Å²) in [6.07, 6.45) is 0. The maximum Gasteiger partial charge on any atom is 0.246 e. The first-order valence-corrected chi connectivity index (χ1v) is 10.3. The second-order valence-electron chi connectivity index (χ2n) is 6.75. The van der Waals surface area contributed by atoms with Crippen molar-refractivity contribution in [1.29, 1.82) is 0 Å². The van der Waals surface area contributed by atoms with Gasteiger partial charge in [0.15, 0.2) is 0 Å². The zero-order valence-electron chi connectivity index (χ0n) is 16.9. The summed E-state index contributed by atoms with van der Waals surface area (Å²) in [4.78, 5) is 14.5. The monoisotopic (exact) mass is 392 g/mol. The van der Waals surface area contributed by atoms with Crippen LogP contribution in [0.25, 0.3) is 0 Å².